The van der Waals surface area contributed by atoms with Crippen molar-refractivity contribution in [2.45, 2.75) is 53.1 Å². The van der Waals surface area contributed by atoms with Gasteiger partial charge in [-0.1, -0.05) is 0 Å². The molecule has 0 aromatic carbocycles. The molecule has 8 heteroatoms. The van der Waals surface area contributed by atoms with Gasteiger partial charge >= 0.3 is 0 Å². The predicted octanol–water partition coefficient (Wildman–Crippen LogP) is 2.49. The Morgan fingerprint density at radius 1 is 1.14 bits per heavy atom. The Balaban J connectivity index is 0.00000729. The molecule has 0 aliphatic carbocycles. The number of aromatic nitrogens is 1. The molecule has 1 amide bonds. The molecule has 0 aliphatic heterocycles. The molecule has 0 radical (unpaired) electrons. The van der Waals surface area contributed by atoms with Gasteiger partial charge in [0.25, 0.3) is 5.91 Å². The molecule has 0 bridgehead atoms. The van der Waals surface area contributed by atoms with Crippen molar-refractivity contribution in [2.75, 3.05) is 32.7 Å². The minimum Gasteiger partial charge on any atom is -0.357 e. The first-order chi connectivity index (χ1) is 13.0. The molecule has 160 valence electrons. The van der Waals surface area contributed by atoms with Gasteiger partial charge in [0.2, 0.25) is 0 Å². The molecule has 1 aromatic heterocycles. The Labute approximate surface area is 187 Å². The second-order valence-corrected chi connectivity index (χ2v) is 6.96. The molecule has 0 unspecified atom stereocenters. The average molecular weight is 504 g/mol. The smallest absolute Gasteiger partial charge is 0.252 e. The number of carbonyl (C=O) groups excluding carboxylic acids is 1. The van der Waals surface area contributed by atoms with E-state index in [9.17, 15) is 4.79 Å². The van der Waals surface area contributed by atoms with Crippen molar-refractivity contribution in [3.05, 3.63) is 30.1 Å². The molecule has 0 aliphatic rings. The summed E-state index contributed by atoms with van der Waals surface area (Å²) in [5.41, 5.74) is 0.568. The summed E-state index contributed by atoms with van der Waals surface area (Å²) in [7, 11) is 0. The van der Waals surface area contributed by atoms with Crippen LogP contribution in [0.1, 0.15) is 51.4 Å². The van der Waals surface area contributed by atoms with E-state index in [-0.39, 0.29) is 29.9 Å². The molecular formula is C20H37IN6O. The summed E-state index contributed by atoms with van der Waals surface area (Å²) in [6.45, 7) is 14.7. The van der Waals surface area contributed by atoms with E-state index < -0.39 is 0 Å². The van der Waals surface area contributed by atoms with Crippen molar-refractivity contribution in [1.29, 1.82) is 0 Å². The molecule has 3 N–H and O–H groups in total. The lowest BCUT2D eigenvalue weighted by Crippen LogP contribution is -2.42. The second-order valence-electron chi connectivity index (χ2n) is 6.96. The van der Waals surface area contributed by atoms with Crippen LogP contribution in [0, 0.1) is 0 Å². The van der Waals surface area contributed by atoms with Gasteiger partial charge in [-0.15, -0.1) is 24.0 Å². The van der Waals surface area contributed by atoms with Crippen molar-refractivity contribution in [3.8, 4) is 0 Å². The zero-order chi connectivity index (χ0) is 20.1. The van der Waals surface area contributed by atoms with Crippen LogP contribution in [-0.2, 0) is 0 Å². The van der Waals surface area contributed by atoms with Crippen LogP contribution in [-0.4, -0.2) is 66.6 Å². The van der Waals surface area contributed by atoms with Gasteiger partial charge in [0.05, 0.1) is 5.56 Å². The van der Waals surface area contributed by atoms with Crippen molar-refractivity contribution in [1.82, 2.24) is 25.8 Å². The quantitative estimate of drug-likeness (QED) is 0.187. The van der Waals surface area contributed by atoms with Gasteiger partial charge in [-0.25, -0.2) is 0 Å². The van der Waals surface area contributed by atoms with Crippen LogP contribution < -0.4 is 16.0 Å². The minimum absolute atomic E-state index is 0. The molecule has 1 heterocycles. The molecule has 7 nitrogen and oxygen atoms in total. The number of halogens is 1. The van der Waals surface area contributed by atoms with Crippen molar-refractivity contribution in [3.63, 3.8) is 0 Å². The summed E-state index contributed by atoms with van der Waals surface area (Å²) in [4.78, 5) is 23.0. The lowest BCUT2D eigenvalue weighted by atomic mass is 10.2. The monoisotopic (exact) mass is 504 g/mol. The highest BCUT2D eigenvalue weighted by atomic mass is 127. The Morgan fingerprint density at radius 3 is 2.39 bits per heavy atom. The maximum atomic E-state index is 12.0. The number of hydrogen-bond donors (Lipinski definition) is 3. The number of amides is 1. The van der Waals surface area contributed by atoms with E-state index in [1.54, 1.807) is 24.5 Å². The van der Waals surface area contributed by atoms with Gasteiger partial charge in [-0.05, 0) is 53.2 Å². The fourth-order valence-electron chi connectivity index (χ4n) is 2.85. The van der Waals surface area contributed by atoms with E-state index >= 15 is 0 Å². The molecule has 0 spiro atoms. The molecule has 1 aromatic rings. The third-order valence-electron chi connectivity index (χ3n) is 4.14. The standard InChI is InChI=1S/C20H36N6O.HI/c1-6-22-20(24-11-8-14-26(16(2)3)17(4)5)25-13-12-23-19(27)18-9-7-10-21-15-18;/h7,9-10,15-17H,6,8,11-14H2,1-5H3,(H,23,27)(H2,22,24,25);1H. The highest BCUT2D eigenvalue weighted by molar-refractivity contribution is 14.0. The number of guanidine groups is 1. The number of rotatable bonds is 11. The van der Waals surface area contributed by atoms with Gasteiger partial charge < -0.3 is 16.0 Å². The lowest BCUT2D eigenvalue weighted by molar-refractivity contribution is 0.0954. The minimum atomic E-state index is -0.116. The van der Waals surface area contributed by atoms with Crippen molar-refractivity contribution in [2.24, 2.45) is 4.99 Å². The third-order valence-corrected chi connectivity index (χ3v) is 4.14. The van der Waals surface area contributed by atoms with Crippen LogP contribution in [0.15, 0.2) is 29.5 Å². The molecule has 1 rings (SSSR count). The highest BCUT2D eigenvalue weighted by Gasteiger charge is 2.12. The van der Waals surface area contributed by atoms with Gasteiger partial charge in [0, 0.05) is 57.2 Å². The summed E-state index contributed by atoms with van der Waals surface area (Å²) in [5, 5.41) is 9.37. The number of carbonyl (C=O) groups is 1. The van der Waals surface area contributed by atoms with Crippen LogP contribution in [0.4, 0.5) is 0 Å². The fraction of sp³-hybridized carbons (Fsp3) is 0.650. The Hall–Kier alpha value is -1.42. The van der Waals surface area contributed by atoms with E-state index in [1.807, 2.05) is 6.92 Å². The van der Waals surface area contributed by atoms with E-state index in [0.717, 1.165) is 32.0 Å². The predicted molar refractivity (Wildman–Crippen MR) is 128 cm³/mol. The van der Waals surface area contributed by atoms with E-state index in [4.69, 9.17) is 0 Å². The zero-order valence-electron chi connectivity index (χ0n) is 17.9. The topological polar surface area (TPSA) is 81.7 Å². The first-order valence-corrected chi connectivity index (χ1v) is 9.91. The summed E-state index contributed by atoms with van der Waals surface area (Å²) < 4.78 is 0. The first-order valence-electron chi connectivity index (χ1n) is 9.91. The van der Waals surface area contributed by atoms with Crippen LogP contribution in [0.25, 0.3) is 0 Å². The Kier molecular flexibility index (Phi) is 14.7. The average Bonchev–Trinajstić information content (AvgIpc) is 2.64. The fourth-order valence-corrected chi connectivity index (χ4v) is 2.85. The molecule has 0 saturated carbocycles. The molecule has 28 heavy (non-hydrogen) atoms. The largest absolute Gasteiger partial charge is 0.357 e. The van der Waals surface area contributed by atoms with E-state index in [0.29, 0.717) is 30.7 Å². The SMILES string of the molecule is CCNC(=NCCCN(C(C)C)C(C)C)NCCNC(=O)c1cccnc1.I. The van der Waals surface area contributed by atoms with E-state index in [1.165, 1.54) is 0 Å². The van der Waals surface area contributed by atoms with E-state index in [2.05, 4.69) is 58.5 Å². The number of nitrogens with one attached hydrogen (secondary N) is 3. The maximum Gasteiger partial charge on any atom is 0.252 e. The van der Waals surface area contributed by atoms with Crippen LogP contribution >= 0.6 is 24.0 Å². The van der Waals surface area contributed by atoms with Gasteiger partial charge in [-0.2, -0.15) is 0 Å². The molecule has 0 fully saturated rings. The number of pyridine rings is 1. The summed E-state index contributed by atoms with van der Waals surface area (Å²) in [6.07, 6.45) is 4.23. The molecular weight excluding hydrogens is 467 g/mol. The van der Waals surface area contributed by atoms with Crippen molar-refractivity contribution >= 4 is 35.8 Å². The third kappa shape index (κ3) is 10.8. The first kappa shape index (κ1) is 26.6. The van der Waals surface area contributed by atoms with Crippen LogP contribution in [0.2, 0.25) is 0 Å². The molecule has 0 atom stereocenters. The van der Waals surface area contributed by atoms with Crippen LogP contribution in [0.3, 0.4) is 0 Å². The summed E-state index contributed by atoms with van der Waals surface area (Å²) >= 11 is 0. The normalized spacial score (nSPS) is 11.5. The maximum absolute atomic E-state index is 12.0. The second kappa shape index (κ2) is 15.5. The Bertz CT molecular complexity index is 557. The highest BCUT2D eigenvalue weighted by Crippen LogP contribution is 2.05. The number of aliphatic imine (C=N–C) groups is 1. The number of nitrogens with zero attached hydrogens (tertiary/aromatic N) is 3. The van der Waals surface area contributed by atoms with Crippen molar-refractivity contribution < 1.29 is 4.79 Å². The lowest BCUT2D eigenvalue weighted by Gasteiger charge is -2.30. The summed E-state index contributed by atoms with van der Waals surface area (Å²) in [5.74, 6) is 0.670. The number of hydrogen-bond acceptors (Lipinski definition) is 4. The van der Waals surface area contributed by atoms with Gasteiger partial charge in [-0.3, -0.25) is 19.7 Å². The van der Waals surface area contributed by atoms with Gasteiger partial charge in [0.1, 0.15) is 0 Å². The van der Waals surface area contributed by atoms with Gasteiger partial charge in [0.15, 0.2) is 5.96 Å². The molecule has 0 saturated heterocycles. The summed E-state index contributed by atoms with van der Waals surface area (Å²) in [6, 6.07) is 4.59. The zero-order valence-corrected chi connectivity index (χ0v) is 20.2. The van der Waals surface area contributed by atoms with Crippen LogP contribution in [0.5, 0.6) is 0 Å². The Morgan fingerprint density at radius 2 is 1.82 bits per heavy atom.